The van der Waals surface area contributed by atoms with E-state index in [0.29, 0.717) is 10.6 Å². The standard InChI is InChI=1S/C20H17ClF3N3O3S/c21-15-2-1-3-16(12-15)31(29,30)27-10-8-19(9-11-27)18(28)25-17(26-19)13-4-6-14(7-5-13)20(22,23)24/h1-7,12H,8-11H2,(H,25,26,28). The average Bonchev–Trinajstić information content (AvgIpc) is 3.03. The van der Waals surface area contributed by atoms with Gasteiger partial charge in [-0.15, -0.1) is 0 Å². The van der Waals surface area contributed by atoms with Crippen molar-refractivity contribution in [3.8, 4) is 0 Å². The first-order chi connectivity index (χ1) is 14.5. The molecular weight excluding hydrogens is 455 g/mol. The fourth-order valence-corrected chi connectivity index (χ4v) is 5.43. The van der Waals surface area contributed by atoms with E-state index in [9.17, 15) is 26.4 Å². The first kappa shape index (κ1) is 21.8. The van der Waals surface area contributed by atoms with Crippen LogP contribution in [0.2, 0.25) is 5.02 Å². The number of aliphatic imine (C=N–C) groups is 1. The van der Waals surface area contributed by atoms with E-state index in [1.54, 1.807) is 12.1 Å². The summed E-state index contributed by atoms with van der Waals surface area (Å²) >= 11 is 5.90. The number of alkyl halides is 3. The maximum Gasteiger partial charge on any atom is 0.416 e. The van der Waals surface area contributed by atoms with Crippen LogP contribution in [0.1, 0.15) is 24.0 Å². The van der Waals surface area contributed by atoms with Crippen molar-refractivity contribution >= 4 is 33.4 Å². The van der Waals surface area contributed by atoms with Crippen LogP contribution in [-0.4, -0.2) is 43.1 Å². The number of sulfonamides is 1. The van der Waals surface area contributed by atoms with Gasteiger partial charge < -0.3 is 5.32 Å². The molecule has 0 bridgehead atoms. The molecule has 2 heterocycles. The largest absolute Gasteiger partial charge is 0.416 e. The van der Waals surface area contributed by atoms with Gasteiger partial charge in [0.05, 0.1) is 10.5 Å². The van der Waals surface area contributed by atoms with Crippen LogP contribution in [0.25, 0.3) is 0 Å². The third-order valence-electron chi connectivity index (χ3n) is 5.45. The van der Waals surface area contributed by atoms with Crippen molar-refractivity contribution in [3.05, 3.63) is 64.7 Å². The number of nitrogens with zero attached hydrogens (tertiary/aromatic N) is 2. The van der Waals surface area contributed by atoms with Gasteiger partial charge in [-0.3, -0.25) is 9.79 Å². The van der Waals surface area contributed by atoms with E-state index in [0.717, 1.165) is 12.1 Å². The predicted octanol–water partition coefficient (Wildman–Crippen LogP) is 3.46. The molecule has 1 spiro atoms. The lowest BCUT2D eigenvalue weighted by Crippen LogP contribution is -2.50. The smallest absolute Gasteiger partial charge is 0.308 e. The second kappa shape index (κ2) is 7.61. The molecule has 164 valence electrons. The van der Waals surface area contributed by atoms with Crippen LogP contribution < -0.4 is 5.32 Å². The Balaban J connectivity index is 1.52. The molecule has 2 aromatic carbocycles. The van der Waals surface area contributed by atoms with Gasteiger partial charge in [0.25, 0.3) is 5.91 Å². The molecule has 6 nitrogen and oxygen atoms in total. The summed E-state index contributed by atoms with van der Waals surface area (Å²) in [5.41, 5.74) is -1.58. The van der Waals surface area contributed by atoms with E-state index >= 15 is 0 Å². The molecule has 4 rings (SSSR count). The summed E-state index contributed by atoms with van der Waals surface area (Å²) in [6.45, 7) is 0.151. The number of nitrogens with one attached hydrogen (secondary N) is 1. The Morgan fingerprint density at radius 1 is 1.06 bits per heavy atom. The van der Waals surface area contributed by atoms with Gasteiger partial charge >= 0.3 is 6.18 Å². The maximum atomic E-state index is 12.9. The summed E-state index contributed by atoms with van der Waals surface area (Å²) in [5.74, 6) is -0.202. The summed E-state index contributed by atoms with van der Waals surface area (Å²) in [5, 5.41) is 2.93. The molecule has 1 fully saturated rings. The van der Waals surface area contributed by atoms with Gasteiger partial charge in [-0.2, -0.15) is 17.5 Å². The highest BCUT2D eigenvalue weighted by molar-refractivity contribution is 7.89. The van der Waals surface area contributed by atoms with E-state index < -0.39 is 27.3 Å². The zero-order valence-electron chi connectivity index (χ0n) is 16.0. The minimum atomic E-state index is -4.46. The molecule has 1 N–H and O–H groups in total. The number of hydrogen-bond acceptors (Lipinski definition) is 4. The number of benzene rings is 2. The predicted molar refractivity (Wildman–Crippen MR) is 108 cm³/mol. The number of halogens is 4. The fraction of sp³-hybridized carbons (Fsp3) is 0.300. The molecule has 31 heavy (non-hydrogen) atoms. The van der Waals surface area contributed by atoms with Crippen LogP contribution in [-0.2, 0) is 21.0 Å². The molecule has 2 aliphatic rings. The molecule has 0 unspecified atom stereocenters. The lowest BCUT2D eigenvalue weighted by molar-refractivity contribution is -0.137. The highest BCUT2D eigenvalue weighted by Crippen LogP contribution is 2.34. The molecule has 2 aromatic rings. The van der Waals surface area contributed by atoms with Crippen molar-refractivity contribution in [1.82, 2.24) is 9.62 Å². The minimum absolute atomic E-state index is 0.0702. The van der Waals surface area contributed by atoms with Gasteiger partial charge in [0.15, 0.2) is 0 Å². The Bertz CT molecular complexity index is 1160. The molecule has 1 amide bonds. The molecular formula is C20H17ClF3N3O3S. The number of piperidine rings is 1. The molecule has 0 aromatic heterocycles. The fourth-order valence-electron chi connectivity index (χ4n) is 3.68. The van der Waals surface area contributed by atoms with Crippen molar-refractivity contribution in [2.75, 3.05) is 13.1 Å². The monoisotopic (exact) mass is 471 g/mol. The van der Waals surface area contributed by atoms with Crippen molar-refractivity contribution < 1.29 is 26.4 Å². The van der Waals surface area contributed by atoms with Gasteiger partial charge in [0, 0.05) is 23.7 Å². The molecule has 0 aliphatic carbocycles. The van der Waals surface area contributed by atoms with Gasteiger partial charge in [-0.05, 0) is 43.2 Å². The summed E-state index contributed by atoms with van der Waals surface area (Å²) in [7, 11) is -3.77. The Hall–Kier alpha value is -2.43. The molecule has 0 atom stereocenters. The van der Waals surface area contributed by atoms with Crippen LogP contribution in [0.4, 0.5) is 13.2 Å². The zero-order chi connectivity index (χ0) is 22.4. The van der Waals surface area contributed by atoms with Gasteiger partial charge in [-0.25, -0.2) is 8.42 Å². The van der Waals surface area contributed by atoms with Crippen molar-refractivity contribution in [2.24, 2.45) is 4.99 Å². The van der Waals surface area contributed by atoms with Crippen LogP contribution in [0.15, 0.2) is 58.4 Å². The molecule has 0 radical (unpaired) electrons. The number of carbonyl (C=O) groups is 1. The SMILES string of the molecule is O=C1NC(c2ccc(C(F)(F)F)cc2)=NC12CCN(S(=O)(=O)c1cccc(Cl)c1)CC2. The summed E-state index contributed by atoms with van der Waals surface area (Å²) in [4.78, 5) is 17.2. The Labute approximate surface area is 181 Å². The average molecular weight is 472 g/mol. The topological polar surface area (TPSA) is 78.8 Å². The van der Waals surface area contributed by atoms with E-state index in [2.05, 4.69) is 10.3 Å². The number of hydrogen-bond donors (Lipinski definition) is 1. The van der Waals surface area contributed by atoms with Crippen LogP contribution in [0, 0.1) is 0 Å². The quantitative estimate of drug-likeness (QED) is 0.744. The summed E-state index contributed by atoms with van der Waals surface area (Å²) in [6, 6.07) is 10.3. The number of carbonyl (C=O) groups excluding carboxylic acids is 1. The minimum Gasteiger partial charge on any atom is -0.308 e. The van der Waals surface area contributed by atoms with E-state index in [1.165, 1.54) is 28.6 Å². The van der Waals surface area contributed by atoms with Gasteiger partial charge in [0.2, 0.25) is 10.0 Å². The first-order valence-electron chi connectivity index (χ1n) is 9.36. The maximum absolute atomic E-state index is 12.9. The Morgan fingerprint density at radius 3 is 2.29 bits per heavy atom. The zero-order valence-corrected chi connectivity index (χ0v) is 17.6. The highest BCUT2D eigenvalue weighted by atomic mass is 35.5. The summed E-state index contributed by atoms with van der Waals surface area (Å²) in [6.07, 6.45) is -4.15. The van der Waals surface area contributed by atoms with Crippen molar-refractivity contribution in [1.29, 1.82) is 0 Å². The Morgan fingerprint density at radius 2 is 1.71 bits per heavy atom. The summed E-state index contributed by atoms with van der Waals surface area (Å²) < 4.78 is 65.3. The number of amidine groups is 1. The third-order valence-corrected chi connectivity index (χ3v) is 7.58. The molecule has 0 saturated carbocycles. The van der Waals surface area contributed by atoms with E-state index in [4.69, 9.17) is 11.6 Å². The lowest BCUT2D eigenvalue weighted by atomic mass is 9.89. The van der Waals surface area contributed by atoms with Crippen LogP contribution in [0.5, 0.6) is 0 Å². The molecule has 11 heteroatoms. The lowest BCUT2D eigenvalue weighted by Gasteiger charge is -2.34. The van der Waals surface area contributed by atoms with E-state index in [1.807, 2.05) is 0 Å². The van der Waals surface area contributed by atoms with Crippen molar-refractivity contribution in [2.45, 2.75) is 29.5 Å². The molecule has 1 saturated heterocycles. The van der Waals surface area contributed by atoms with Crippen molar-refractivity contribution in [3.63, 3.8) is 0 Å². The number of amides is 1. The second-order valence-corrected chi connectivity index (χ2v) is 9.76. The van der Waals surface area contributed by atoms with Crippen LogP contribution >= 0.6 is 11.6 Å². The molecule has 2 aliphatic heterocycles. The van der Waals surface area contributed by atoms with Crippen LogP contribution in [0.3, 0.4) is 0 Å². The first-order valence-corrected chi connectivity index (χ1v) is 11.2. The Kier molecular flexibility index (Phi) is 5.35. The van der Waals surface area contributed by atoms with Gasteiger partial charge in [0.1, 0.15) is 11.4 Å². The van der Waals surface area contributed by atoms with Gasteiger partial charge in [-0.1, -0.05) is 29.8 Å². The van der Waals surface area contributed by atoms with E-state index in [-0.39, 0.29) is 42.6 Å². The third kappa shape index (κ3) is 4.07. The number of rotatable bonds is 3. The highest BCUT2D eigenvalue weighted by Gasteiger charge is 2.47. The second-order valence-electron chi connectivity index (χ2n) is 7.38. The normalized spacial score (nSPS) is 19.4.